The summed E-state index contributed by atoms with van der Waals surface area (Å²) in [5.74, 6) is -1.68. The lowest BCUT2D eigenvalue weighted by molar-refractivity contribution is -0.189. The maximum atomic E-state index is 15.5. The van der Waals surface area contributed by atoms with Gasteiger partial charge in [0.2, 0.25) is 0 Å². The zero-order chi connectivity index (χ0) is 27.2. The molecule has 1 saturated heterocycles. The second-order valence-corrected chi connectivity index (χ2v) is 9.89. The van der Waals surface area contributed by atoms with E-state index in [2.05, 4.69) is 9.97 Å². The Bertz CT molecular complexity index is 1430. The first-order chi connectivity index (χ1) is 18.1. The van der Waals surface area contributed by atoms with E-state index < -0.39 is 48.3 Å². The highest BCUT2D eigenvalue weighted by atomic mass is 19.1. The Morgan fingerprint density at radius 1 is 1.00 bits per heavy atom. The molecule has 0 saturated carbocycles. The van der Waals surface area contributed by atoms with Crippen LogP contribution in [0.15, 0.2) is 54.6 Å². The van der Waals surface area contributed by atoms with Crippen LogP contribution in [0, 0.1) is 11.6 Å². The topological polar surface area (TPSA) is 128 Å². The zero-order valence-electron chi connectivity index (χ0n) is 20.7. The molecule has 1 aliphatic heterocycles. The number of hydrogen-bond acceptors (Lipinski definition) is 7. The Morgan fingerprint density at radius 3 is 2.21 bits per heavy atom. The van der Waals surface area contributed by atoms with Crippen LogP contribution in [0.1, 0.15) is 19.4 Å². The van der Waals surface area contributed by atoms with Crippen LogP contribution < -0.4 is 4.74 Å². The lowest BCUT2D eigenvalue weighted by Crippen LogP contribution is -2.56. The fourth-order valence-corrected chi connectivity index (χ4v) is 4.54. The van der Waals surface area contributed by atoms with Crippen molar-refractivity contribution in [2.75, 3.05) is 13.2 Å². The van der Waals surface area contributed by atoms with Crippen molar-refractivity contribution in [2.24, 2.45) is 0 Å². The molecule has 5 rings (SSSR count). The lowest BCUT2D eigenvalue weighted by Gasteiger charge is -2.36. The third kappa shape index (κ3) is 4.89. The van der Waals surface area contributed by atoms with Crippen molar-refractivity contribution in [3.05, 3.63) is 71.8 Å². The van der Waals surface area contributed by atoms with Gasteiger partial charge in [-0.05, 0) is 36.1 Å². The summed E-state index contributed by atoms with van der Waals surface area (Å²) in [6.45, 7) is 2.79. The number of halogens is 2. The van der Waals surface area contributed by atoms with Crippen LogP contribution in [0.4, 0.5) is 8.78 Å². The predicted octanol–water partition coefficient (Wildman–Crippen LogP) is 3.26. The van der Waals surface area contributed by atoms with Gasteiger partial charge in [0.15, 0.2) is 11.9 Å². The fourth-order valence-electron chi connectivity index (χ4n) is 4.54. The normalized spacial score (nSPS) is 22.1. The molecule has 1 aliphatic rings. The standard InChI is InChI=1S/C28H28F2N2O6/c1-28(2,36)17-9-7-15(8-10-17)14-3-5-16(6-4-14)22-18(29)11-19-24(23(22)30)32-27(31-19)38-21-13-37-20(12-33)25(34)26(21)35/h3-11,20-21,25-26,33-36H,12-13H2,1-2H3,(H,31,32)/t20-,21+,25-,26-/m1/s1. The van der Waals surface area contributed by atoms with Crippen LogP contribution in [0.3, 0.4) is 0 Å². The Morgan fingerprint density at radius 2 is 1.61 bits per heavy atom. The van der Waals surface area contributed by atoms with E-state index >= 15 is 8.78 Å². The van der Waals surface area contributed by atoms with Crippen LogP contribution >= 0.6 is 0 Å². The van der Waals surface area contributed by atoms with E-state index in [1.54, 1.807) is 38.1 Å². The zero-order valence-corrected chi connectivity index (χ0v) is 20.7. The van der Waals surface area contributed by atoms with E-state index in [0.29, 0.717) is 5.56 Å². The summed E-state index contributed by atoms with van der Waals surface area (Å²) >= 11 is 0. The first-order valence-electron chi connectivity index (χ1n) is 12.1. The summed E-state index contributed by atoms with van der Waals surface area (Å²) in [7, 11) is 0. The van der Waals surface area contributed by atoms with Gasteiger partial charge in [-0.1, -0.05) is 48.5 Å². The van der Waals surface area contributed by atoms with Gasteiger partial charge in [-0.2, -0.15) is 4.98 Å². The lowest BCUT2D eigenvalue weighted by atomic mass is 9.94. The van der Waals surface area contributed by atoms with E-state index in [9.17, 15) is 20.4 Å². The van der Waals surface area contributed by atoms with Gasteiger partial charge in [0.25, 0.3) is 6.01 Å². The third-order valence-electron chi connectivity index (χ3n) is 6.77. The van der Waals surface area contributed by atoms with Crippen molar-refractivity contribution in [1.29, 1.82) is 0 Å². The maximum Gasteiger partial charge on any atom is 0.295 e. The van der Waals surface area contributed by atoms with Crippen LogP contribution in [-0.2, 0) is 10.3 Å². The number of benzene rings is 3. The summed E-state index contributed by atoms with van der Waals surface area (Å²) in [6.07, 6.45) is -4.75. The first kappa shape index (κ1) is 26.2. The van der Waals surface area contributed by atoms with E-state index in [4.69, 9.17) is 9.47 Å². The molecule has 1 aromatic heterocycles. The number of aromatic amines is 1. The van der Waals surface area contributed by atoms with Gasteiger partial charge in [-0.3, -0.25) is 0 Å². The molecule has 4 atom stereocenters. The number of hydrogen-bond donors (Lipinski definition) is 5. The molecular weight excluding hydrogens is 498 g/mol. The van der Waals surface area contributed by atoms with Gasteiger partial charge in [0.05, 0.1) is 29.9 Å². The predicted molar refractivity (Wildman–Crippen MR) is 135 cm³/mol. The summed E-state index contributed by atoms with van der Waals surface area (Å²) in [5.41, 5.74) is 1.52. The Balaban J connectivity index is 1.40. The van der Waals surface area contributed by atoms with Crippen molar-refractivity contribution < 1.29 is 38.7 Å². The highest BCUT2D eigenvalue weighted by molar-refractivity contribution is 5.84. The molecular formula is C28H28F2N2O6. The monoisotopic (exact) mass is 526 g/mol. The Kier molecular flexibility index (Phi) is 6.93. The number of aliphatic hydroxyl groups is 4. The van der Waals surface area contributed by atoms with Crippen LogP contribution in [0.5, 0.6) is 6.01 Å². The fraction of sp³-hybridized carbons (Fsp3) is 0.321. The molecule has 0 radical (unpaired) electrons. The molecule has 0 amide bonds. The second-order valence-electron chi connectivity index (χ2n) is 9.89. The SMILES string of the molecule is CC(C)(O)c1ccc(-c2ccc(-c3c(F)cc4[nH]c(O[C@H]5CO[C@H](CO)[C@@H](O)[C@@H]5O)nc4c3F)cc2)cc1. The molecule has 10 heteroatoms. The number of nitrogens with one attached hydrogen (secondary N) is 1. The number of rotatable bonds is 6. The van der Waals surface area contributed by atoms with E-state index in [1.165, 1.54) is 0 Å². The molecule has 0 aliphatic carbocycles. The number of fused-ring (bicyclic) bond motifs is 1. The molecule has 0 unspecified atom stereocenters. The molecule has 2 heterocycles. The number of imidazole rings is 1. The smallest absolute Gasteiger partial charge is 0.295 e. The van der Waals surface area contributed by atoms with Gasteiger partial charge < -0.3 is 34.9 Å². The number of H-pyrrole nitrogens is 1. The minimum Gasteiger partial charge on any atom is -0.456 e. The van der Waals surface area contributed by atoms with Gasteiger partial charge in [-0.15, -0.1) is 0 Å². The van der Waals surface area contributed by atoms with Crippen molar-refractivity contribution in [3.8, 4) is 28.3 Å². The molecule has 0 spiro atoms. The molecule has 200 valence electrons. The Labute approximate surface area is 217 Å². The van der Waals surface area contributed by atoms with Crippen LogP contribution in [0.25, 0.3) is 33.3 Å². The summed E-state index contributed by atoms with van der Waals surface area (Å²) in [5, 5.41) is 39.6. The number of nitrogens with zero attached hydrogens (tertiary/aromatic N) is 1. The van der Waals surface area contributed by atoms with Gasteiger partial charge in [0.1, 0.15) is 29.6 Å². The molecule has 3 aromatic carbocycles. The molecule has 8 nitrogen and oxygen atoms in total. The molecule has 4 aromatic rings. The van der Waals surface area contributed by atoms with Crippen molar-refractivity contribution in [2.45, 2.75) is 43.9 Å². The summed E-state index contributed by atoms with van der Waals surface area (Å²) < 4.78 is 41.4. The molecule has 0 bridgehead atoms. The highest BCUT2D eigenvalue weighted by Crippen LogP contribution is 2.34. The van der Waals surface area contributed by atoms with Gasteiger partial charge in [0, 0.05) is 6.07 Å². The largest absolute Gasteiger partial charge is 0.456 e. The first-order valence-corrected chi connectivity index (χ1v) is 12.1. The van der Waals surface area contributed by atoms with Crippen LogP contribution in [0.2, 0.25) is 0 Å². The molecule has 1 fully saturated rings. The average molecular weight is 527 g/mol. The minimum atomic E-state index is -1.38. The highest BCUT2D eigenvalue weighted by Gasteiger charge is 2.40. The molecule has 5 N–H and O–H groups in total. The Hall–Kier alpha value is -3.41. The number of aliphatic hydroxyl groups excluding tert-OH is 3. The summed E-state index contributed by atoms with van der Waals surface area (Å²) in [4.78, 5) is 6.77. The molecule has 38 heavy (non-hydrogen) atoms. The van der Waals surface area contributed by atoms with Crippen molar-refractivity contribution in [1.82, 2.24) is 9.97 Å². The third-order valence-corrected chi connectivity index (χ3v) is 6.77. The number of ether oxygens (including phenoxy) is 2. The van der Waals surface area contributed by atoms with E-state index in [-0.39, 0.29) is 29.2 Å². The van der Waals surface area contributed by atoms with Crippen LogP contribution in [-0.4, -0.2) is 68.0 Å². The average Bonchev–Trinajstić information content (AvgIpc) is 3.29. The minimum absolute atomic E-state index is 0.0577. The van der Waals surface area contributed by atoms with Crippen molar-refractivity contribution in [3.63, 3.8) is 0 Å². The second kappa shape index (κ2) is 10.0. The maximum absolute atomic E-state index is 15.5. The summed E-state index contributed by atoms with van der Waals surface area (Å²) in [6, 6.07) is 15.1. The quantitative estimate of drug-likeness (QED) is 0.261. The van der Waals surface area contributed by atoms with Gasteiger partial charge >= 0.3 is 0 Å². The number of aromatic nitrogens is 2. The van der Waals surface area contributed by atoms with E-state index in [1.807, 2.05) is 24.3 Å². The van der Waals surface area contributed by atoms with E-state index in [0.717, 1.165) is 22.8 Å². The van der Waals surface area contributed by atoms with Crippen molar-refractivity contribution >= 4 is 11.0 Å². The van der Waals surface area contributed by atoms with Gasteiger partial charge in [-0.25, -0.2) is 8.78 Å².